The minimum Gasteiger partial charge on any atom is -0.381 e. The lowest BCUT2D eigenvalue weighted by Gasteiger charge is -2.12. The van der Waals surface area contributed by atoms with Crippen LogP contribution in [0.5, 0.6) is 0 Å². The van der Waals surface area contributed by atoms with Crippen LogP contribution >= 0.6 is 0 Å². The van der Waals surface area contributed by atoms with Crippen molar-refractivity contribution >= 4 is 26.4 Å². The quantitative estimate of drug-likeness (QED) is 0.897. The summed E-state index contributed by atoms with van der Waals surface area (Å²) in [6.45, 7) is 0. The average molecular weight is 262 g/mol. The van der Waals surface area contributed by atoms with Crippen molar-refractivity contribution in [1.82, 2.24) is 4.98 Å². The van der Waals surface area contributed by atoms with Gasteiger partial charge in [-0.25, -0.2) is 8.42 Å². The van der Waals surface area contributed by atoms with Gasteiger partial charge in [0.25, 0.3) is 0 Å². The first-order chi connectivity index (χ1) is 8.62. The number of benzene rings is 1. The Bertz CT molecular complexity index is 682. The Morgan fingerprint density at radius 3 is 2.94 bits per heavy atom. The highest BCUT2D eigenvalue weighted by Gasteiger charge is 2.27. The fourth-order valence-electron chi connectivity index (χ4n) is 2.31. The molecule has 1 N–H and O–H groups in total. The second kappa shape index (κ2) is 4.24. The van der Waals surface area contributed by atoms with Crippen molar-refractivity contribution in [3.63, 3.8) is 0 Å². The molecule has 5 heteroatoms. The molecule has 1 saturated heterocycles. The van der Waals surface area contributed by atoms with Crippen molar-refractivity contribution in [1.29, 1.82) is 0 Å². The van der Waals surface area contributed by atoms with E-state index in [2.05, 4.69) is 10.3 Å². The Hall–Kier alpha value is -1.62. The number of hydrogen-bond acceptors (Lipinski definition) is 4. The maximum Gasteiger partial charge on any atom is 0.152 e. The van der Waals surface area contributed by atoms with E-state index in [-0.39, 0.29) is 11.8 Å². The fourth-order valence-corrected chi connectivity index (χ4v) is 3.98. The van der Waals surface area contributed by atoms with Crippen LogP contribution in [-0.4, -0.2) is 30.9 Å². The molecule has 2 aromatic rings. The first-order valence-corrected chi connectivity index (χ1v) is 7.76. The van der Waals surface area contributed by atoms with Crippen LogP contribution in [0.3, 0.4) is 0 Å². The molecule has 0 aliphatic carbocycles. The number of anilines is 1. The molecule has 1 aliphatic rings. The lowest BCUT2D eigenvalue weighted by molar-refractivity contribution is 0.602. The summed E-state index contributed by atoms with van der Waals surface area (Å²) >= 11 is 0. The van der Waals surface area contributed by atoms with Gasteiger partial charge in [0, 0.05) is 23.3 Å². The summed E-state index contributed by atoms with van der Waals surface area (Å²) < 4.78 is 22.8. The molecule has 94 valence electrons. The average Bonchev–Trinajstić information content (AvgIpc) is 2.68. The van der Waals surface area contributed by atoms with Crippen LogP contribution in [0.4, 0.5) is 5.69 Å². The van der Waals surface area contributed by atoms with Crippen molar-refractivity contribution < 1.29 is 8.42 Å². The van der Waals surface area contributed by atoms with E-state index in [1.54, 1.807) is 6.20 Å². The van der Waals surface area contributed by atoms with E-state index in [0.29, 0.717) is 12.2 Å². The summed E-state index contributed by atoms with van der Waals surface area (Å²) in [4.78, 5) is 4.25. The fraction of sp³-hybridized carbons (Fsp3) is 0.308. The predicted molar refractivity (Wildman–Crippen MR) is 72.4 cm³/mol. The van der Waals surface area contributed by atoms with Crippen molar-refractivity contribution in [2.24, 2.45) is 0 Å². The minimum absolute atomic E-state index is 0.0316. The Balaban J connectivity index is 1.83. The van der Waals surface area contributed by atoms with Gasteiger partial charge in [0.2, 0.25) is 0 Å². The number of fused-ring (bicyclic) bond motifs is 1. The zero-order valence-corrected chi connectivity index (χ0v) is 10.7. The smallest absolute Gasteiger partial charge is 0.152 e. The van der Waals surface area contributed by atoms with Crippen LogP contribution in [0.1, 0.15) is 6.42 Å². The van der Waals surface area contributed by atoms with E-state index in [0.717, 1.165) is 16.6 Å². The summed E-state index contributed by atoms with van der Waals surface area (Å²) in [5, 5.41) is 4.34. The van der Waals surface area contributed by atoms with Gasteiger partial charge in [0.1, 0.15) is 0 Å². The topological polar surface area (TPSA) is 59.1 Å². The number of nitrogens with one attached hydrogen (secondary N) is 1. The maximum atomic E-state index is 11.4. The molecule has 18 heavy (non-hydrogen) atoms. The molecule has 0 bridgehead atoms. The van der Waals surface area contributed by atoms with Gasteiger partial charge in [-0.2, -0.15) is 0 Å². The second-order valence-corrected chi connectivity index (χ2v) is 6.88. The number of nitrogens with zero attached hydrogens (tertiary/aromatic N) is 1. The van der Waals surface area contributed by atoms with Crippen LogP contribution in [0.2, 0.25) is 0 Å². The summed E-state index contributed by atoms with van der Waals surface area (Å²) in [5.74, 6) is 0.526. The summed E-state index contributed by atoms with van der Waals surface area (Å²) in [7, 11) is -2.83. The van der Waals surface area contributed by atoms with Gasteiger partial charge in [-0.1, -0.05) is 6.07 Å². The highest BCUT2D eigenvalue weighted by Crippen LogP contribution is 2.21. The molecule has 1 aromatic carbocycles. The van der Waals surface area contributed by atoms with Gasteiger partial charge >= 0.3 is 0 Å². The molecule has 1 unspecified atom stereocenters. The standard InChI is InChI=1S/C13H14N2O2S/c16-18(17)7-5-12(9-18)15-11-3-4-13-10(8-11)2-1-6-14-13/h1-4,6,8,12,15H,5,7,9H2. The van der Waals surface area contributed by atoms with Crippen molar-refractivity contribution in [2.75, 3.05) is 16.8 Å². The lowest BCUT2D eigenvalue weighted by Crippen LogP contribution is -2.20. The molecule has 0 amide bonds. The molecule has 1 aromatic heterocycles. The van der Waals surface area contributed by atoms with Crippen molar-refractivity contribution in [3.05, 3.63) is 36.5 Å². The van der Waals surface area contributed by atoms with Crippen LogP contribution in [-0.2, 0) is 9.84 Å². The molecule has 0 spiro atoms. The number of aromatic nitrogens is 1. The monoisotopic (exact) mass is 262 g/mol. The number of pyridine rings is 1. The molecular formula is C13H14N2O2S. The van der Waals surface area contributed by atoms with E-state index in [1.807, 2.05) is 30.3 Å². The third kappa shape index (κ3) is 2.31. The molecule has 1 aliphatic heterocycles. The largest absolute Gasteiger partial charge is 0.381 e. The number of hydrogen-bond donors (Lipinski definition) is 1. The summed E-state index contributed by atoms with van der Waals surface area (Å²) in [6, 6.07) is 9.82. The number of sulfone groups is 1. The molecular weight excluding hydrogens is 248 g/mol. The van der Waals surface area contributed by atoms with E-state index in [9.17, 15) is 8.42 Å². The van der Waals surface area contributed by atoms with Crippen LogP contribution < -0.4 is 5.32 Å². The SMILES string of the molecule is O=S1(=O)CCC(Nc2ccc3ncccc3c2)C1. The predicted octanol–water partition coefficient (Wildman–Crippen LogP) is 1.83. The van der Waals surface area contributed by atoms with Crippen molar-refractivity contribution in [3.8, 4) is 0 Å². The van der Waals surface area contributed by atoms with Gasteiger partial charge in [-0.05, 0) is 30.7 Å². The third-order valence-corrected chi connectivity index (χ3v) is 4.97. The zero-order valence-electron chi connectivity index (χ0n) is 9.83. The molecule has 2 heterocycles. The Morgan fingerprint density at radius 1 is 1.28 bits per heavy atom. The van der Waals surface area contributed by atoms with Gasteiger partial charge in [-0.15, -0.1) is 0 Å². The first-order valence-electron chi connectivity index (χ1n) is 5.94. The highest BCUT2D eigenvalue weighted by atomic mass is 32.2. The van der Waals surface area contributed by atoms with Crippen LogP contribution in [0.15, 0.2) is 36.5 Å². The molecule has 3 rings (SSSR count). The van der Waals surface area contributed by atoms with Gasteiger partial charge in [0.05, 0.1) is 17.0 Å². The van der Waals surface area contributed by atoms with Gasteiger partial charge in [-0.3, -0.25) is 4.98 Å². The highest BCUT2D eigenvalue weighted by molar-refractivity contribution is 7.91. The molecule has 1 atom stereocenters. The lowest BCUT2D eigenvalue weighted by atomic mass is 10.2. The van der Waals surface area contributed by atoms with Gasteiger partial charge < -0.3 is 5.32 Å². The Labute approximate surface area is 106 Å². The molecule has 0 saturated carbocycles. The molecule has 1 fully saturated rings. The second-order valence-electron chi connectivity index (χ2n) is 4.66. The van der Waals surface area contributed by atoms with E-state index in [1.165, 1.54) is 0 Å². The zero-order chi connectivity index (χ0) is 12.6. The molecule has 0 radical (unpaired) electrons. The Morgan fingerprint density at radius 2 is 2.17 bits per heavy atom. The van der Waals surface area contributed by atoms with Crippen molar-refractivity contribution in [2.45, 2.75) is 12.5 Å². The van der Waals surface area contributed by atoms with E-state index in [4.69, 9.17) is 0 Å². The minimum atomic E-state index is -2.83. The first kappa shape index (κ1) is 11.5. The van der Waals surface area contributed by atoms with E-state index < -0.39 is 9.84 Å². The normalized spacial score (nSPS) is 22.1. The Kier molecular flexibility index (Phi) is 2.70. The summed E-state index contributed by atoms with van der Waals surface area (Å²) in [5.41, 5.74) is 1.90. The van der Waals surface area contributed by atoms with Crippen LogP contribution in [0.25, 0.3) is 10.9 Å². The summed E-state index contributed by atoms with van der Waals surface area (Å²) in [6.07, 6.45) is 2.45. The molecule has 4 nitrogen and oxygen atoms in total. The van der Waals surface area contributed by atoms with Gasteiger partial charge in [0.15, 0.2) is 9.84 Å². The van der Waals surface area contributed by atoms with E-state index >= 15 is 0 Å². The van der Waals surface area contributed by atoms with Crippen LogP contribution in [0, 0.1) is 0 Å². The third-order valence-electron chi connectivity index (χ3n) is 3.21. The number of rotatable bonds is 2. The maximum absolute atomic E-state index is 11.4.